The van der Waals surface area contributed by atoms with E-state index in [1.165, 1.54) is 9.87 Å². The molecule has 3 rings (SSSR count). The van der Waals surface area contributed by atoms with Gasteiger partial charge in [-0.3, -0.25) is 4.79 Å². The van der Waals surface area contributed by atoms with E-state index < -0.39 is 10.0 Å². The second-order valence-electron chi connectivity index (χ2n) is 7.24. The average Bonchev–Trinajstić information content (AvgIpc) is 3.05. The Hall–Kier alpha value is -2.19. The molecular weight excluding hydrogens is 378 g/mol. The Bertz CT molecular complexity index is 889. The maximum absolute atomic E-state index is 13.0. The van der Waals surface area contributed by atoms with Gasteiger partial charge in [0, 0.05) is 19.6 Å². The Morgan fingerprint density at radius 1 is 1.29 bits per heavy atom. The van der Waals surface area contributed by atoms with E-state index in [9.17, 15) is 13.2 Å². The number of sulfonamides is 1. The number of aromatic nitrogens is 1. The van der Waals surface area contributed by atoms with E-state index in [1.807, 2.05) is 18.2 Å². The second-order valence-corrected chi connectivity index (χ2v) is 9.11. The van der Waals surface area contributed by atoms with Crippen LogP contribution in [0.4, 0.5) is 0 Å². The van der Waals surface area contributed by atoms with Gasteiger partial charge in [-0.1, -0.05) is 35.5 Å². The van der Waals surface area contributed by atoms with E-state index in [2.05, 4.69) is 22.6 Å². The first-order valence-electron chi connectivity index (χ1n) is 9.64. The van der Waals surface area contributed by atoms with Crippen LogP contribution in [0.1, 0.15) is 36.3 Å². The normalized spacial score (nSPS) is 18.1. The van der Waals surface area contributed by atoms with E-state index in [1.54, 1.807) is 13.8 Å². The SMILES string of the molecule is Cc1noc(C)c1S(=O)(=O)N1CCCC(C(=O)NCCCc2ccccc2)C1. The Balaban J connectivity index is 1.55. The topological polar surface area (TPSA) is 92.5 Å². The Morgan fingerprint density at radius 2 is 2.04 bits per heavy atom. The van der Waals surface area contributed by atoms with Crippen LogP contribution in [-0.2, 0) is 21.2 Å². The number of amides is 1. The number of rotatable bonds is 7. The Labute approximate surface area is 166 Å². The van der Waals surface area contributed by atoms with E-state index >= 15 is 0 Å². The van der Waals surface area contributed by atoms with Gasteiger partial charge in [0.25, 0.3) is 0 Å². The van der Waals surface area contributed by atoms with Gasteiger partial charge in [0.05, 0.1) is 5.92 Å². The quantitative estimate of drug-likeness (QED) is 0.714. The smallest absolute Gasteiger partial charge is 0.248 e. The van der Waals surface area contributed by atoms with Crippen LogP contribution < -0.4 is 5.32 Å². The molecular formula is C20H27N3O4S. The summed E-state index contributed by atoms with van der Waals surface area (Å²) in [6.07, 6.45) is 3.10. The van der Waals surface area contributed by atoms with Crippen molar-refractivity contribution < 1.29 is 17.7 Å². The van der Waals surface area contributed by atoms with E-state index in [4.69, 9.17) is 4.52 Å². The van der Waals surface area contributed by atoms with Gasteiger partial charge in [0.1, 0.15) is 10.6 Å². The Morgan fingerprint density at radius 3 is 2.71 bits per heavy atom. The molecule has 2 heterocycles. The minimum Gasteiger partial charge on any atom is -0.360 e. The first-order valence-corrected chi connectivity index (χ1v) is 11.1. The molecule has 0 saturated carbocycles. The van der Waals surface area contributed by atoms with Crippen molar-refractivity contribution in [2.24, 2.45) is 5.92 Å². The van der Waals surface area contributed by atoms with E-state index in [0.717, 1.165) is 12.8 Å². The lowest BCUT2D eigenvalue weighted by Crippen LogP contribution is -2.45. The fourth-order valence-electron chi connectivity index (χ4n) is 3.64. The Kier molecular flexibility index (Phi) is 6.51. The van der Waals surface area contributed by atoms with Crippen molar-refractivity contribution in [1.29, 1.82) is 0 Å². The summed E-state index contributed by atoms with van der Waals surface area (Å²) in [4.78, 5) is 12.7. The maximum Gasteiger partial charge on any atom is 0.248 e. The zero-order valence-corrected chi connectivity index (χ0v) is 17.2. The summed E-state index contributed by atoms with van der Waals surface area (Å²) in [5.74, 6) is -0.127. The standard InChI is InChI=1S/C20H27N3O4S/c1-15-19(16(2)27-22-15)28(25,26)23-13-7-11-18(14-23)20(24)21-12-6-10-17-8-4-3-5-9-17/h3-5,8-9,18H,6-7,10-14H2,1-2H3,(H,21,24). The van der Waals surface area contributed by atoms with E-state index in [0.29, 0.717) is 31.6 Å². The van der Waals surface area contributed by atoms with Crippen molar-refractivity contribution in [2.75, 3.05) is 19.6 Å². The highest BCUT2D eigenvalue weighted by Gasteiger charge is 2.36. The van der Waals surface area contributed by atoms with Gasteiger partial charge >= 0.3 is 0 Å². The molecule has 1 saturated heterocycles. The number of hydrogen-bond donors (Lipinski definition) is 1. The number of aryl methyl sites for hydroxylation is 3. The first kappa shape index (κ1) is 20.5. The molecule has 152 valence electrons. The van der Waals surface area contributed by atoms with Crippen molar-refractivity contribution in [3.63, 3.8) is 0 Å². The summed E-state index contributed by atoms with van der Waals surface area (Å²) in [6, 6.07) is 10.1. The van der Waals surface area contributed by atoms with Crippen molar-refractivity contribution in [1.82, 2.24) is 14.8 Å². The lowest BCUT2D eigenvalue weighted by molar-refractivity contribution is -0.126. The third-order valence-electron chi connectivity index (χ3n) is 5.10. The van der Waals surface area contributed by atoms with Gasteiger partial charge in [-0.25, -0.2) is 8.42 Å². The van der Waals surface area contributed by atoms with Gasteiger partial charge in [0.15, 0.2) is 5.76 Å². The summed E-state index contributed by atoms with van der Waals surface area (Å²) in [6.45, 7) is 4.39. The molecule has 1 fully saturated rings. The summed E-state index contributed by atoms with van der Waals surface area (Å²) < 4.78 is 32.3. The predicted octanol–water partition coefficient (Wildman–Crippen LogP) is 2.44. The highest BCUT2D eigenvalue weighted by Crippen LogP contribution is 2.27. The number of benzene rings is 1. The van der Waals surface area contributed by atoms with E-state index in [-0.39, 0.29) is 29.0 Å². The molecule has 1 aromatic heterocycles. The molecule has 0 aliphatic carbocycles. The maximum atomic E-state index is 13.0. The minimum atomic E-state index is -3.71. The number of carbonyl (C=O) groups is 1. The monoisotopic (exact) mass is 405 g/mol. The van der Waals surface area contributed by atoms with Crippen LogP contribution in [0, 0.1) is 19.8 Å². The molecule has 1 amide bonds. The molecule has 0 spiro atoms. The summed E-state index contributed by atoms with van der Waals surface area (Å²) >= 11 is 0. The lowest BCUT2D eigenvalue weighted by atomic mass is 9.99. The highest BCUT2D eigenvalue weighted by atomic mass is 32.2. The molecule has 2 aromatic rings. The summed E-state index contributed by atoms with van der Waals surface area (Å²) in [5, 5.41) is 6.71. The van der Waals surface area contributed by atoms with Crippen LogP contribution >= 0.6 is 0 Å². The molecule has 0 radical (unpaired) electrons. The van der Waals surface area contributed by atoms with Gasteiger partial charge in [-0.15, -0.1) is 0 Å². The highest BCUT2D eigenvalue weighted by molar-refractivity contribution is 7.89. The molecule has 0 bridgehead atoms. The molecule has 28 heavy (non-hydrogen) atoms. The number of hydrogen-bond acceptors (Lipinski definition) is 5. The number of piperidine rings is 1. The zero-order chi connectivity index (χ0) is 20.1. The number of nitrogens with one attached hydrogen (secondary N) is 1. The van der Waals surface area contributed by atoms with Crippen LogP contribution in [0.15, 0.2) is 39.8 Å². The fraction of sp³-hybridized carbons (Fsp3) is 0.500. The zero-order valence-electron chi connectivity index (χ0n) is 16.3. The molecule has 1 aliphatic heterocycles. The van der Waals surface area contributed by atoms with Crippen LogP contribution in [-0.4, -0.2) is 43.4 Å². The van der Waals surface area contributed by atoms with Crippen LogP contribution in [0.2, 0.25) is 0 Å². The van der Waals surface area contributed by atoms with Crippen LogP contribution in [0.25, 0.3) is 0 Å². The largest absolute Gasteiger partial charge is 0.360 e. The fourth-order valence-corrected chi connectivity index (χ4v) is 5.45. The van der Waals surface area contributed by atoms with Gasteiger partial charge < -0.3 is 9.84 Å². The molecule has 1 aliphatic rings. The molecule has 1 unspecified atom stereocenters. The lowest BCUT2D eigenvalue weighted by Gasteiger charge is -2.31. The molecule has 1 aromatic carbocycles. The number of carbonyl (C=O) groups excluding carboxylic acids is 1. The first-order chi connectivity index (χ1) is 13.4. The predicted molar refractivity (Wildman–Crippen MR) is 105 cm³/mol. The molecule has 7 nitrogen and oxygen atoms in total. The van der Waals surface area contributed by atoms with Crippen molar-refractivity contribution >= 4 is 15.9 Å². The van der Waals surface area contributed by atoms with Gasteiger partial charge in [0.2, 0.25) is 15.9 Å². The second kappa shape index (κ2) is 8.87. The number of nitrogens with zero attached hydrogens (tertiary/aromatic N) is 2. The summed E-state index contributed by atoms with van der Waals surface area (Å²) in [5.41, 5.74) is 1.59. The van der Waals surface area contributed by atoms with Gasteiger partial charge in [-0.2, -0.15) is 4.31 Å². The molecule has 8 heteroatoms. The average molecular weight is 406 g/mol. The molecule has 1 N–H and O–H groups in total. The minimum absolute atomic E-state index is 0.0771. The third-order valence-corrected chi connectivity index (χ3v) is 7.22. The van der Waals surface area contributed by atoms with Crippen molar-refractivity contribution in [3.8, 4) is 0 Å². The molecule has 1 atom stereocenters. The van der Waals surface area contributed by atoms with Crippen LogP contribution in [0.5, 0.6) is 0 Å². The third kappa shape index (κ3) is 4.62. The van der Waals surface area contributed by atoms with Crippen LogP contribution in [0.3, 0.4) is 0 Å². The summed E-state index contributed by atoms with van der Waals surface area (Å²) in [7, 11) is -3.71. The van der Waals surface area contributed by atoms with Crippen molar-refractivity contribution in [3.05, 3.63) is 47.3 Å². The van der Waals surface area contributed by atoms with Gasteiger partial charge in [-0.05, 0) is 45.1 Å². The van der Waals surface area contributed by atoms with Crippen molar-refractivity contribution in [2.45, 2.75) is 44.4 Å².